The first-order valence-corrected chi connectivity index (χ1v) is 9.47. The summed E-state index contributed by atoms with van der Waals surface area (Å²) >= 11 is 0. The van der Waals surface area contributed by atoms with Crippen LogP contribution in [0.15, 0.2) is 0 Å². The van der Waals surface area contributed by atoms with E-state index in [-0.39, 0.29) is 6.03 Å². The van der Waals surface area contributed by atoms with Crippen LogP contribution >= 0.6 is 0 Å². The lowest BCUT2D eigenvalue weighted by Gasteiger charge is -2.26. The van der Waals surface area contributed by atoms with E-state index in [9.17, 15) is 4.79 Å². The van der Waals surface area contributed by atoms with Crippen LogP contribution in [0.4, 0.5) is 4.79 Å². The Morgan fingerprint density at radius 3 is 2.13 bits per heavy atom. The fourth-order valence-corrected chi connectivity index (χ4v) is 3.25. The lowest BCUT2D eigenvalue weighted by Crippen LogP contribution is -2.37. The van der Waals surface area contributed by atoms with Gasteiger partial charge in [-0.15, -0.1) is 0 Å². The molecule has 5 heteroatoms. The average molecular weight is 328 g/mol. The lowest BCUT2D eigenvalue weighted by molar-refractivity contribution is 0.138. The first-order chi connectivity index (χ1) is 11.2. The van der Waals surface area contributed by atoms with Gasteiger partial charge in [-0.05, 0) is 58.8 Å². The summed E-state index contributed by atoms with van der Waals surface area (Å²) < 4.78 is 10.8. The molecule has 2 atom stereocenters. The van der Waals surface area contributed by atoms with E-state index in [1.54, 1.807) is 0 Å². The maximum Gasteiger partial charge on any atom is 0.318 e. The van der Waals surface area contributed by atoms with E-state index >= 15 is 0 Å². The number of hydrogen-bond donors (Lipinski definition) is 1. The number of unbranched alkanes of at least 4 members (excludes halogenated alkanes) is 2. The van der Waals surface area contributed by atoms with E-state index in [2.05, 4.69) is 12.2 Å². The third-order valence-electron chi connectivity index (χ3n) is 4.40. The van der Waals surface area contributed by atoms with Crippen LogP contribution in [0.25, 0.3) is 0 Å². The van der Waals surface area contributed by atoms with Crippen molar-refractivity contribution < 1.29 is 14.3 Å². The van der Waals surface area contributed by atoms with Gasteiger partial charge in [0.2, 0.25) is 0 Å². The normalized spacial score (nSPS) is 21.0. The first-order valence-electron chi connectivity index (χ1n) is 9.47. The molecular weight excluding hydrogens is 292 g/mol. The van der Waals surface area contributed by atoms with Gasteiger partial charge in [0.25, 0.3) is 0 Å². The number of nitrogens with zero attached hydrogens (tertiary/aromatic N) is 1. The van der Waals surface area contributed by atoms with Crippen LogP contribution in [0.5, 0.6) is 0 Å². The second kappa shape index (κ2) is 12.6. The van der Waals surface area contributed by atoms with Crippen LogP contribution in [0.2, 0.25) is 0 Å². The molecule has 1 saturated heterocycles. The summed E-state index contributed by atoms with van der Waals surface area (Å²) in [7, 11) is 0. The Kier molecular flexibility index (Phi) is 11.1. The smallest absolute Gasteiger partial charge is 0.318 e. The lowest BCUT2D eigenvalue weighted by atomic mass is 9.97. The predicted octanol–water partition coefficient (Wildman–Crippen LogP) is 3.57. The van der Waals surface area contributed by atoms with Crippen molar-refractivity contribution in [3.8, 4) is 0 Å². The van der Waals surface area contributed by atoms with E-state index in [1.165, 1.54) is 0 Å². The van der Waals surface area contributed by atoms with E-state index < -0.39 is 0 Å². The fourth-order valence-electron chi connectivity index (χ4n) is 3.25. The molecule has 2 unspecified atom stereocenters. The molecule has 0 radical (unpaired) electrons. The topological polar surface area (TPSA) is 50.8 Å². The molecule has 2 amide bonds. The largest absolute Gasteiger partial charge is 0.382 e. The van der Waals surface area contributed by atoms with Crippen LogP contribution < -0.4 is 5.32 Å². The van der Waals surface area contributed by atoms with Gasteiger partial charge in [0.05, 0.1) is 12.1 Å². The Balaban J connectivity index is 2.40. The Morgan fingerprint density at radius 1 is 0.957 bits per heavy atom. The quantitative estimate of drug-likeness (QED) is 0.496. The number of amides is 2. The van der Waals surface area contributed by atoms with Crippen LogP contribution in [-0.4, -0.2) is 56.0 Å². The molecule has 0 aromatic carbocycles. The van der Waals surface area contributed by atoms with Crippen LogP contribution in [0, 0.1) is 0 Å². The van der Waals surface area contributed by atoms with E-state index in [0.29, 0.717) is 12.1 Å². The van der Waals surface area contributed by atoms with Crippen molar-refractivity contribution in [1.29, 1.82) is 0 Å². The minimum atomic E-state index is 0.122. The molecule has 0 bridgehead atoms. The highest BCUT2D eigenvalue weighted by Crippen LogP contribution is 2.23. The van der Waals surface area contributed by atoms with Crippen molar-refractivity contribution in [2.45, 2.75) is 77.8 Å². The molecule has 5 nitrogen and oxygen atoms in total. The zero-order valence-electron chi connectivity index (χ0n) is 15.3. The summed E-state index contributed by atoms with van der Waals surface area (Å²) in [6.45, 7) is 10.3. The Hall–Kier alpha value is -0.810. The Bertz CT molecular complexity index is 313. The van der Waals surface area contributed by atoms with E-state index in [0.717, 1.165) is 77.9 Å². The third-order valence-corrected chi connectivity index (χ3v) is 4.40. The SMILES string of the molecule is CCCN1C(=O)NC(CCCCOCC)C1CCCCOCC. The summed E-state index contributed by atoms with van der Waals surface area (Å²) in [6.07, 6.45) is 7.52. The van der Waals surface area contributed by atoms with Crippen LogP contribution in [0.1, 0.15) is 65.7 Å². The van der Waals surface area contributed by atoms with Gasteiger partial charge in [-0.3, -0.25) is 0 Å². The standard InChI is InChI=1S/C18H36N2O3/c1-4-13-20-17(12-8-10-15-23-6-3)16(19-18(20)21)11-7-9-14-22-5-2/h16-17H,4-15H2,1-3H3,(H,19,21). The minimum Gasteiger partial charge on any atom is -0.382 e. The minimum absolute atomic E-state index is 0.122. The Labute approximate surface area is 142 Å². The second-order valence-electron chi connectivity index (χ2n) is 6.20. The number of carbonyl (C=O) groups excluding carboxylic acids is 1. The van der Waals surface area contributed by atoms with Gasteiger partial charge in [0.1, 0.15) is 0 Å². The molecule has 1 aliphatic rings. The molecule has 0 saturated carbocycles. The summed E-state index contributed by atoms with van der Waals surface area (Å²) in [5.74, 6) is 0. The zero-order chi connectivity index (χ0) is 16.9. The molecule has 1 heterocycles. The van der Waals surface area contributed by atoms with Crippen molar-refractivity contribution in [2.75, 3.05) is 33.0 Å². The maximum absolute atomic E-state index is 12.2. The van der Waals surface area contributed by atoms with Crippen LogP contribution in [0.3, 0.4) is 0 Å². The number of ether oxygens (including phenoxy) is 2. The summed E-state index contributed by atoms with van der Waals surface area (Å²) in [5.41, 5.74) is 0. The molecule has 0 spiro atoms. The first kappa shape index (κ1) is 20.2. The third kappa shape index (κ3) is 7.53. The Morgan fingerprint density at radius 2 is 1.57 bits per heavy atom. The number of nitrogens with one attached hydrogen (secondary N) is 1. The zero-order valence-corrected chi connectivity index (χ0v) is 15.3. The van der Waals surface area contributed by atoms with Crippen molar-refractivity contribution in [3.05, 3.63) is 0 Å². The van der Waals surface area contributed by atoms with Gasteiger partial charge in [0, 0.05) is 33.0 Å². The molecule has 1 rings (SSSR count). The predicted molar refractivity (Wildman–Crippen MR) is 93.8 cm³/mol. The van der Waals surface area contributed by atoms with Gasteiger partial charge in [-0.25, -0.2) is 4.79 Å². The summed E-state index contributed by atoms with van der Waals surface area (Å²) in [5, 5.41) is 3.20. The number of urea groups is 1. The van der Waals surface area contributed by atoms with Gasteiger partial charge in [-0.1, -0.05) is 6.92 Å². The van der Waals surface area contributed by atoms with Gasteiger partial charge >= 0.3 is 6.03 Å². The van der Waals surface area contributed by atoms with Crippen molar-refractivity contribution in [3.63, 3.8) is 0 Å². The highest BCUT2D eigenvalue weighted by atomic mass is 16.5. The van der Waals surface area contributed by atoms with E-state index in [4.69, 9.17) is 9.47 Å². The fraction of sp³-hybridized carbons (Fsp3) is 0.944. The van der Waals surface area contributed by atoms with Crippen molar-refractivity contribution in [2.24, 2.45) is 0 Å². The highest BCUT2D eigenvalue weighted by Gasteiger charge is 2.37. The van der Waals surface area contributed by atoms with Crippen LogP contribution in [-0.2, 0) is 9.47 Å². The molecule has 0 aromatic heterocycles. The van der Waals surface area contributed by atoms with Crippen molar-refractivity contribution in [1.82, 2.24) is 10.2 Å². The second-order valence-corrected chi connectivity index (χ2v) is 6.20. The maximum atomic E-state index is 12.2. The van der Waals surface area contributed by atoms with Gasteiger partial charge in [-0.2, -0.15) is 0 Å². The number of hydrogen-bond acceptors (Lipinski definition) is 3. The van der Waals surface area contributed by atoms with Gasteiger partial charge in [0.15, 0.2) is 0 Å². The molecule has 0 aliphatic carbocycles. The van der Waals surface area contributed by atoms with Gasteiger partial charge < -0.3 is 19.7 Å². The molecule has 0 aromatic rings. The molecule has 1 aliphatic heterocycles. The summed E-state index contributed by atoms with van der Waals surface area (Å²) in [6, 6.07) is 0.760. The summed E-state index contributed by atoms with van der Waals surface area (Å²) in [4.78, 5) is 14.3. The molecule has 23 heavy (non-hydrogen) atoms. The highest BCUT2D eigenvalue weighted by molar-refractivity contribution is 5.77. The van der Waals surface area contributed by atoms with E-state index in [1.807, 2.05) is 18.7 Å². The molecule has 136 valence electrons. The number of rotatable bonds is 14. The monoisotopic (exact) mass is 328 g/mol. The molecule has 1 N–H and O–H groups in total. The molecule has 1 fully saturated rings. The number of carbonyl (C=O) groups is 1. The molecular formula is C18H36N2O3. The van der Waals surface area contributed by atoms with Crippen molar-refractivity contribution >= 4 is 6.03 Å². The average Bonchev–Trinajstić information content (AvgIpc) is 2.83.